The second-order valence-electron chi connectivity index (χ2n) is 7.53. The first kappa shape index (κ1) is 18.3. The van der Waals surface area contributed by atoms with Crippen LogP contribution in [0.3, 0.4) is 0 Å². The SMILES string of the molecule is Cc1ccncc1-c1cc(F)c2[nH]nc(-c3nc4c(-c5cccnc5)nccc4[nH]3)c2c1. The first-order valence-electron chi connectivity index (χ1n) is 10.0. The number of hydrogen-bond donors (Lipinski definition) is 2. The Morgan fingerprint density at radius 1 is 0.906 bits per heavy atom. The van der Waals surface area contributed by atoms with Crippen molar-refractivity contribution >= 4 is 21.9 Å². The molecule has 0 spiro atoms. The Morgan fingerprint density at radius 2 is 1.81 bits per heavy atom. The normalized spacial score (nSPS) is 11.4. The van der Waals surface area contributed by atoms with E-state index in [4.69, 9.17) is 4.98 Å². The number of halogens is 1. The zero-order chi connectivity index (χ0) is 21.7. The summed E-state index contributed by atoms with van der Waals surface area (Å²) in [7, 11) is 0. The molecule has 5 aromatic heterocycles. The van der Waals surface area contributed by atoms with E-state index in [9.17, 15) is 4.39 Å². The molecule has 0 aliphatic carbocycles. The average Bonchev–Trinajstić information content (AvgIpc) is 3.44. The lowest BCUT2D eigenvalue weighted by Gasteiger charge is -2.06. The third kappa shape index (κ3) is 2.84. The topological polar surface area (TPSA) is 96.0 Å². The van der Waals surface area contributed by atoms with Crippen LogP contribution in [0.15, 0.2) is 67.4 Å². The van der Waals surface area contributed by atoms with Gasteiger partial charge in [-0.3, -0.25) is 20.1 Å². The van der Waals surface area contributed by atoms with Gasteiger partial charge in [0.15, 0.2) is 5.82 Å². The highest BCUT2D eigenvalue weighted by Crippen LogP contribution is 2.34. The number of H-pyrrole nitrogens is 2. The highest BCUT2D eigenvalue weighted by molar-refractivity contribution is 5.97. The molecule has 0 amide bonds. The summed E-state index contributed by atoms with van der Waals surface area (Å²) < 4.78 is 14.9. The number of pyridine rings is 3. The van der Waals surface area contributed by atoms with Crippen LogP contribution in [-0.4, -0.2) is 35.1 Å². The molecule has 7 nitrogen and oxygen atoms in total. The van der Waals surface area contributed by atoms with Gasteiger partial charge in [-0.15, -0.1) is 0 Å². The van der Waals surface area contributed by atoms with E-state index in [1.54, 1.807) is 31.0 Å². The summed E-state index contributed by atoms with van der Waals surface area (Å²) in [4.78, 5) is 20.9. The predicted molar refractivity (Wildman–Crippen MR) is 120 cm³/mol. The van der Waals surface area contributed by atoms with Crippen molar-refractivity contribution in [3.63, 3.8) is 0 Å². The number of imidazole rings is 1. The van der Waals surface area contributed by atoms with Gasteiger partial charge in [0.25, 0.3) is 0 Å². The van der Waals surface area contributed by atoms with E-state index in [0.717, 1.165) is 33.5 Å². The van der Waals surface area contributed by atoms with E-state index in [1.165, 1.54) is 6.07 Å². The Bertz CT molecular complexity index is 1600. The van der Waals surface area contributed by atoms with Crippen LogP contribution in [0.2, 0.25) is 0 Å². The molecule has 0 bridgehead atoms. The van der Waals surface area contributed by atoms with Gasteiger partial charge >= 0.3 is 0 Å². The molecule has 32 heavy (non-hydrogen) atoms. The van der Waals surface area contributed by atoms with Crippen molar-refractivity contribution in [3.8, 4) is 33.9 Å². The van der Waals surface area contributed by atoms with Gasteiger partial charge in [0.1, 0.15) is 22.5 Å². The van der Waals surface area contributed by atoms with Gasteiger partial charge in [-0.1, -0.05) is 0 Å². The van der Waals surface area contributed by atoms with Crippen molar-refractivity contribution in [2.75, 3.05) is 0 Å². The van der Waals surface area contributed by atoms with Crippen molar-refractivity contribution in [3.05, 3.63) is 78.8 Å². The number of aromatic nitrogens is 7. The van der Waals surface area contributed by atoms with E-state index < -0.39 is 0 Å². The van der Waals surface area contributed by atoms with Crippen molar-refractivity contribution in [2.24, 2.45) is 0 Å². The lowest BCUT2D eigenvalue weighted by atomic mass is 10.0. The minimum Gasteiger partial charge on any atom is -0.336 e. The number of nitrogens with zero attached hydrogens (tertiary/aromatic N) is 5. The summed E-state index contributed by atoms with van der Waals surface area (Å²) in [6.45, 7) is 1.97. The van der Waals surface area contributed by atoms with E-state index in [2.05, 4.69) is 30.1 Å². The molecule has 6 rings (SSSR count). The van der Waals surface area contributed by atoms with Gasteiger partial charge < -0.3 is 4.98 Å². The second kappa shape index (κ2) is 7.05. The Kier molecular flexibility index (Phi) is 4.04. The Labute approximate surface area is 181 Å². The fraction of sp³-hybridized carbons (Fsp3) is 0.0417. The molecule has 0 fully saturated rings. The molecule has 154 valence electrons. The molecule has 0 saturated carbocycles. The molecule has 0 unspecified atom stereocenters. The van der Waals surface area contributed by atoms with Crippen LogP contribution in [0.25, 0.3) is 55.8 Å². The fourth-order valence-corrected chi connectivity index (χ4v) is 3.94. The maximum atomic E-state index is 14.9. The molecule has 0 aliphatic rings. The quantitative estimate of drug-likeness (QED) is 0.416. The standard InChI is InChI=1S/C24H16FN7/c1-13-4-7-27-12-17(13)15-9-16-21(18(25)10-15)31-32-22(16)24-29-19-5-8-28-20(23(19)30-24)14-3-2-6-26-11-14/h2-12H,1H3,(H,29,30)(H,31,32). The smallest absolute Gasteiger partial charge is 0.159 e. The monoisotopic (exact) mass is 421 g/mol. The summed E-state index contributed by atoms with van der Waals surface area (Å²) in [5, 5.41) is 7.82. The summed E-state index contributed by atoms with van der Waals surface area (Å²) in [5.74, 6) is 0.150. The van der Waals surface area contributed by atoms with Crippen molar-refractivity contribution in [2.45, 2.75) is 6.92 Å². The van der Waals surface area contributed by atoms with Crippen LogP contribution in [-0.2, 0) is 0 Å². The fourth-order valence-electron chi connectivity index (χ4n) is 3.94. The predicted octanol–water partition coefficient (Wildman–Crippen LogP) is 5.07. The summed E-state index contributed by atoms with van der Waals surface area (Å²) >= 11 is 0. The highest BCUT2D eigenvalue weighted by atomic mass is 19.1. The molecule has 6 aromatic rings. The van der Waals surface area contributed by atoms with Gasteiger partial charge in [0.2, 0.25) is 0 Å². The number of rotatable bonds is 3. The average molecular weight is 421 g/mol. The van der Waals surface area contributed by atoms with Crippen LogP contribution in [0.5, 0.6) is 0 Å². The van der Waals surface area contributed by atoms with Crippen LogP contribution in [0.4, 0.5) is 4.39 Å². The third-order valence-corrected chi connectivity index (χ3v) is 5.54. The molecule has 8 heteroatoms. The zero-order valence-corrected chi connectivity index (χ0v) is 17.0. The third-order valence-electron chi connectivity index (χ3n) is 5.54. The maximum Gasteiger partial charge on any atom is 0.159 e. The number of fused-ring (bicyclic) bond motifs is 2. The van der Waals surface area contributed by atoms with Crippen molar-refractivity contribution < 1.29 is 4.39 Å². The first-order valence-corrected chi connectivity index (χ1v) is 10.0. The van der Waals surface area contributed by atoms with Crippen molar-refractivity contribution in [1.29, 1.82) is 0 Å². The van der Waals surface area contributed by atoms with Gasteiger partial charge in [-0.25, -0.2) is 9.37 Å². The molecule has 5 heterocycles. The summed E-state index contributed by atoms with van der Waals surface area (Å²) in [6.07, 6.45) is 8.64. The molecule has 0 saturated heterocycles. The molecular weight excluding hydrogens is 405 g/mol. The molecule has 0 atom stereocenters. The number of hydrogen-bond acceptors (Lipinski definition) is 5. The van der Waals surface area contributed by atoms with Crippen molar-refractivity contribution in [1.82, 2.24) is 35.1 Å². The summed E-state index contributed by atoms with van der Waals surface area (Å²) in [6, 6.07) is 11.0. The molecule has 1 aromatic carbocycles. The van der Waals surface area contributed by atoms with Gasteiger partial charge in [-0.05, 0) is 54.4 Å². The number of aromatic amines is 2. The second-order valence-corrected chi connectivity index (χ2v) is 7.53. The highest BCUT2D eigenvalue weighted by Gasteiger charge is 2.18. The first-order chi connectivity index (χ1) is 15.7. The molecule has 0 aliphatic heterocycles. The van der Waals surface area contributed by atoms with E-state index >= 15 is 0 Å². The molecule has 2 N–H and O–H groups in total. The van der Waals surface area contributed by atoms with Gasteiger partial charge in [0, 0.05) is 47.5 Å². The van der Waals surface area contributed by atoms with E-state index in [0.29, 0.717) is 27.9 Å². The largest absolute Gasteiger partial charge is 0.336 e. The Hall–Kier alpha value is -4.46. The molecule has 0 radical (unpaired) electrons. The number of aryl methyl sites for hydroxylation is 1. The van der Waals surface area contributed by atoms with E-state index in [-0.39, 0.29) is 5.82 Å². The zero-order valence-electron chi connectivity index (χ0n) is 17.0. The minimum atomic E-state index is -0.381. The van der Waals surface area contributed by atoms with Gasteiger partial charge in [0.05, 0.1) is 11.2 Å². The van der Waals surface area contributed by atoms with Crippen LogP contribution in [0.1, 0.15) is 5.56 Å². The minimum absolute atomic E-state index is 0.330. The van der Waals surface area contributed by atoms with E-state index in [1.807, 2.05) is 37.3 Å². The lowest BCUT2D eigenvalue weighted by Crippen LogP contribution is -1.88. The van der Waals surface area contributed by atoms with Crippen LogP contribution in [0, 0.1) is 12.7 Å². The van der Waals surface area contributed by atoms with Crippen LogP contribution >= 0.6 is 0 Å². The summed E-state index contributed by atoms with van der Waals surface area (Å²) in [5.41, 5.74) is 6.58. The number of nitrogens with one attached hydrogen (secondary N) is 2. The van der Waals surface area contributed by atoms with Gasteiger partial charge in [-0.2, -0.15) is 5.10 Å². The van der Waals surface area contributed by atoms with Crippen LogP contribution < -0.4 is 0 Å². The maximum absolute atomic E-state index is 14.9. The lowest BCUT2D eigenvalue weighted by molar-refractivity contribution is 0.636. The Morgan fingerprint density at radius 3 is 2.66 bits per heavy atom. The molecular formula is C24H16FN7. The Balaban J connectivity index is 1.55. The number of benzene rings is 1.